The van der Waals surface area contributed by atoms with E-state index in [-0.39, 0.29) is 11.4 Å². The van der Waals surface area contributed by atoms with Crippen molar-refractivity contribution in [2.24, 2.45) is 7.05 Å². The molecule has 29 heavy (non-hydrogen) atoms. The minimum atomic E-state index is -1.68. The van der Waals surface area contributed by atoms with E-state index in [0.29, 0.717) is 22.2 Å². The van der Waals surface area contributed by atoms with Gasteiger partial charge in [0.25, 0.3) is 17.5 Å². The van der Waals surface area contributed by atoms with E-state index in [1.807, 2.05) is 0 Å². The third kappa shape index (κ3) is 3.99. The average molecular weight is 462 g/mol. The molecule has 2 aliphatic heterocycles. The number of aryl methyl sites for hydroxylation is 1. The number of carboxylic acids is 1. The van der Waals surface area contributed by atoms with Gasteiger partial charge in [0.1, 0.15) is 17.4 Å². The Kier molecular flexibility index (Phi) is 6.48. The van der Waals surface area contributed by atoms with Crippen LogP contribution in [0.1, 0.15) is 0 Å². The second-order valence-electron chi connectivity index (χ2n) is 6.31. The van der Waals surface area contributed by atoms with Crippen LogP contribution in [-0.4, -0.2) is 88.8 Å². The Morgan fingerprint density at radius 2 is 2.31 bits per heavy atom. The van der Waals surface area contributed by atoms with Crippen LogP contribution in [0.2, 0.25) is 0 Å². The van der Waals surface area contributed by atoms with Gasteiger partial charge in [-0.3, -0.25) is 14.5 Å². The van der Waals surface area contributed by atoms with Crippen molar-refractivity contribution in [3.63, 3.8) is 0 Å². The highest BCUT2D eigenvalue weighted by molar-refractivity contribution is 8.01. The number of methoxy groups -OCH3 is 1. The first kappa shape index (κ1) is 22.0. The molecule has 11 nitrogen and oxygen atoms in total. The van der Waals surface area contributed by atoms with Crippen LogP contribution in [0.25, 0.3) is 0 Å². The Labute approximate surface area is 177 Å². The molecule has 158 valence electrons. The summed E-state index contributed by atoms with van der Waals surface area (Å²) in [5, 5.41) is 19.8. The molecular formula is C15H19N5O6S3. The number of aromatic nitrogens is 3. The standard InChI is InChI=1S/C15H19N5O6S3/c1-19-7-16-18-14(19)28-5-8-4-27-13-15(26-2,17-9(21)6-29(3)25)12(24)20(13)10(8)11(22)23/h7,13H,4-6H2,1-3H3,(H,17,21)(H,22,23)/t13-,15-,29?/m0/s1. The Balaban J connectivity index is 1.82. The van der Waals surface area contributed by atoms with Crippen molar-refractivity contribution in [2.45, 2.75) is 16.3 Å². The number of nitrogens with zero attached hydrogens (tertiary/aromatic N) is 4. The number of carbonyl (C=O) groups excluding carboxylic acids is 2. The molecule has 0 spiro atoms. The van der Waals surface area contributed by atoms with E-state index in [4.69, 9.17) is 4.74 Å². The van der Waals surface area contributed by atoms with E-state index < -0.39 is 40.1 Å². The summed E-state index contributed by atoms with van der Waals surface area (Å²) in [6.07, 6.45) is 2.91. The molecule has 3 rings (SSSR count). The van der Waals surface area contributed by atoms with Crippen molar-refractivity contribution in [3.05, 3.63) is 17.6 Å². The third-order valence-corrected chi connectivity index (χ3v) is 7.50. The topological polar surface area (TPSA) is 150 Å². The molecule has 0 saturated carbocycles. The maximum atomic E-state index is 12.9. The van der Waals surface area contributed by atoms with Crippen LogP contribution in [0.4, 0.5) is 0 Å². The maximum Gasteiger partial charge on any atom is 0.352 e. The summed E-state index contributed by atoms with van der Waals surface area (Å²) < 4.78 is 18.3. The molecule has 1 fully saturated rings. The number of nitrogens with one attached hydrogen (secondary N) is 1. The smallest absolute Gasteiger partial charge is 0.352 e. The lowest BCUT2D eigenvalue weighted by molar-refractivity contribution is -0.192. The molecule has 14 heteroatoms. The van der Waals surface area contributed by atoms with E-state index in [1.54, 1.807) is 17.9 Å². The van der Waals surface area contributed by atoms with Gasteiger partial charge in [-0.1, -0.05) is 11.8 Å². The molecule has 1 saturated heterocycles. The van der Waals surface area contributed by atoms with Gasteiger partial charge in [-0.25, -0.2) is 4.79 Å². The second-order valence-corrected chi connectivity index (χ2v) is 9.76. The van der Waals surface area contributed by atoms with Gasteiger partial charge in [0.2, 0.25) is 0 Å². The van der Waals surface area contributed by atoms with Gasteiger partial charge in [0.05, 0.1) is 6.26 Å². The molecule has 0 radical (unpaired) electrons. The summed E-state index contributed by atoms with van der Waals surface area (Å²) >= 11 is 1.22. The average Bonchev–Trinajstić information content (AvgIpc) is 3.07. The Morgan fingerprint density at radius 1 is 1.59 bits per heavy atom. The fraction of sp³-hybridized carbons (Fsp3) is 0.533. The third-order valence-electron chi connectivity index (χ3n) is 4.34. The molecule has 0 aliphatic carbocycles. The molecule has 1 aromatic rings. The fourth-order valence-corrected chi connectivity index (χ4v) is 5.94. The number of carboxylic acid groups (broad SMARTS) is 1. The predicted octanol–water partition coefficient (Wildman–Crippen LogP) is -1.00. The molecule has 3 atom stereocenters. The number of fused-ring (bicyclic) bond motifs is 1. The van der Waals surface area contributed by atoms with Crippen LogP contribution in [0.15, 0.2) is 22.8 Å². The van der Waals surface area contributed by atoms with Crippen LogP contribution in [-0.2, 0) is 37.3 Å². The molecule has 2 amide bonds. The summed E-state index contributed by atoms with van der Waals surface area (Å²) in [6, 6.07) is 0. The van der Waals surface area contributed by atoms with Crippen LogP contribution in [0.3, 0.4) is 0 Å². The first-order valence-electron chi connectivity index (χ1n) is 8.24. The highest BCUT2D eigenvalue weighted by Gasteiger charge is 2.66. The zero-order chi connectivity index (χ0) is 21.3. The number of aliphatic carboxylic acids is 1. The lowest BCUT2D eigenvalue weighted by atomic mass is 9.98. The summed E-state index contributed by atoms with van der Waals surface area (Å²) in [6.45, 7) is 0. The minimum Gasteiger partial charge on any atom is -0.616 e. The van der Waals surface area contributed by atoms with Gasteiger partial charge in [0.15, 0.2) is 10.9 Å². The zero-order valence-corrected chi connectivity index (χ0v) is 18.2. The largest absolute Gasteiger partial charge is 0.616 e. The zero-order valence-electron chi connectivity index (χ0n) is 15.8. The predicted molar refractivity (Wildman–Crippen MR) is 106 cm³/mol. The number of rotatable bonds is 8. The molecule has 0 bridgehead atoms. The number of β-lactam (4-membered cyclic amide) rings is 1. The number of carbonyl (C=O) groups is 3. The van der Waals surface area contributed by atoms with Crippen molar-refractivity contribution in [2.75, 3.05) is 30.6 Å². The fourth-order valence-electron chi connectivity index (χ4n) is 3.04. The van der Waals surface area contributed by atoms with Gasteiger partial charge >= 0.3 is 5.97 Å². The minimum absolute atomic E-state index is 0.116. The van der Waals surface area contributed by atoms with E-state index in [2.05, 4.69) is 15.5 Å². The van der Waals surface area contributed by atoms with Gasteiger partial charge in [0, 0.05) is 25.7 Å². The van der Waals surface area contributed by atoms with Gasteiger partial charge in [-0.05, 0) is 16.7 Å². The first-order valence-corrected chi connectivity index (χ1v) is 12.0. The van der Waals surface area contributed by atoms with Gasteiger partial charge < -0.3 is 24.3 Å². The second kappa shape index (κ2) is 8.55. The van der Waals surface area contributed by atoms with Gasteiger partial charge in [-0.2, -0.15) is 0 Å². The Bertz CT molecular complexity index is 874. The van der Waals surface area contributed by atoms with E-state index in [0.717, 1.165) is 4.90 Å². The lowest BCUT2D eigenvalue weighted by Crippen LogP contribution is -2.81. The van der Waals surface area contributed by atoms with Crippen molar-refractivity contribution >= 4 is 52.5 Å². The van der Waals surface area contributed by atoms with Crippen LogP contribution in [0.5, 0.6) is 0 Å². The number of hydrogen-bond acceptors (Lipinski definition) is 9. The highest BCUT2D eigenvalue weighted by atomic mass is 32.2. The number of thioether (sulfide) groups is 2. The molecular weight excluding hydrogens is 442 g/mol. The van der Waals surface area contributed by atoms with Crippen LogP contribution < -0.4 is 5.32 Å². The Morgan fingerprint density at radius 3 is 2.86 bits per heavy atom. The summed E-state index contributed by atoms with van der Waals surface area (Å²) in [5.74, 6) is -2.14. The lowest BCUT2D eigenvalue weighted by Gasteiger charge is -2.55. The number of hydrogen-bond donors (Lipinski definition) is 2. The summed E-state index contributed by atoms with van der Waals surface area (Å²) in [4.78, 5) is 38.0. The summed E-state index contributed by atoms with van der Waals surface area (Å²) in [5.41, 5.74) is -1.23. The molecule has 3 heterocycles. The normalized spacial score (nSPS) is 24.8. The quantitative estimate of drug-likeness (QED) is 0.213. The van der Waals surface area contributed by atoms with E-state index in [9.17, 15) is 24.0 Å². The van der Waals surface area contributed by atoms with Crippen molar-refractivity contribution < 1.29 is 28.8 Å². The van der Waals surface area contributed by atoms with Crippen LogP contribution in [0, 0.1) is 0 Å². The first-order chi connectivity index (χ1) is 13.7. The molecule has 1 unspecified atom stereocenters. The van der Waals surface area contributed by atoms with E-state index in [1.165, 1.54) is 36.9 Å². The number of ether oxygens (including phenoxy) is 1. The maximum absolute atomic E-state index is 12.9. The number of amides is 2. The monoisotopic (exact) mass is 461 g/mol. The SMILES string of the molecule is CO[C@@]1(NC(=O)C[S+](C)[O-])C(=O)N2C(C(=O)O)=C(CSc3nncn3C)CS[C@H]21. The van der Waals surface area contributed by atoms with Crippen LogP contribution >= 0.6 is 23.5 Å². The molecule has 1 aromatic heterocycles. The molecule has 2 N–H and O–H groups in total. The molecule has 2 aliphatic rings. The van der Waals surface area contributed by atoms with Crippen molar-refractivity contribution in [1.82, 2.24) is 25.0 Å². The Hall–Kier alpha value is -1.74. The van der Waals surface area contributed by atoms with Crippen molar-refractivity contribution in [1.29, 1.82) is 0 Å². The molecule has 0 aromatic carbocycles. The van der Waals surface area contributed by atoms with E-state index >= 15 is 0 Å². The van der Waals surface area contributed by atoms with Gasteiger partial charge in [-0.15, -0.1) is 22.0 Å². The van der Waals surface area contributed by atoms with Crippen molar-refractivity contribution in [3.8, 4) is 0 Å². The summed E-state index contributed by atoms with van der Waals surface area (Å²) in [7, 11) is 3.04. The highest BCUT2D eigenvalue weighted by Crippen LogP contribution is 2.47.